The second kappa shape index (κ2) is 7.36. The highest BCUT2D eigenvalue weighted by atomic mass is 16.5. The fourth-order valence-electron chi connectivity index (χ4n) is 1.98. The van der Waals surface area contributed by atoms with Gasteiger partial charge in [0.1, 0.15) is 11.3 Å². The summed E-state index contributed by atoms with van der Waals surface area (Å²) in [5, 5.41) is 17.7. The Labute approximate surface area is 138 Å². The summed E-state index contributed by atoms with van der Waals surface area (Å²) < 4.78 is 9.29. The SMILES string of the molecule is COC(=O)c1cc(N=Nc2ccc(O)c(C(=O)OC)c2)ccc1C. The van der Waals surface area contributed by atoms with Gasteiger partial charge >= 0.3 is 11.9 Å². The summed E-state index contributed by atoms with van der Waals surface area (Å²) in [6.07, 6.45) is 0. The van der Waals surface area contributed by atoms with Gasteiger partial charge in [-0.25, -0.2) is 9.59 Å². The molecule has 0 aliphatic carbocycles. The van der Waals surface area contributed by atoms with Crippen molar-refractivity contribution in [3.63, 3.8) is 0 Å². The number of benzene rings is 2. The normalized spacial score (nSPS) is 10.6. The molecule has 2 aromatic rings. The van der Waals surface area contributed by atoms with Crippen LogP contribution in [0.4, 0.5) is 11.4 Å². The molecule has 0 saturated heterocycles. The number of esters is 2. The number of hydrogen-bond acceptors (Lipinski definition) is 7. The van der Waals surface area contributed by atoms with Gasteiger partial charge < -0.3 is 14.6 Å². The van der Waals surface area contributed by atoms with E-state index in [1.807, 2.05) is 0 Å². The fraction of sp³-hybridized carbons (Fsp3) is 0.176. The highest BCUT2D eigenvalue weighted by Gasteiger charge is 2.12. The number of carbonyl (C=O) groups excluding carboxylic acids is 2. The number of ether oxygens (including phenoxy) is 2. The molecule has 1 N–H and O–H groups in total. The van der Waals surface area contributed by atoms with Gasteiger partial charge in [0, 0.05) is 0 Å². The van der Waals surface area contributed by atoms with Gasteiger partial charge in [0.15, 0.2) is 0 Å². The van der Waals surface area contributed by atoms with E-state index in [9.17, 15) is 14.7 Å². The maximum absolute atomic E-state index is 11.7. The van der Waals surface area contributed by atoms with Crippen LogP contribution in [0, 0.1) is 6.92 Å². The minimum absolute atomic E-state index is 0.00638. The minimum Gasteiger partial charge on any atom is -0.507 e. The highest BCUT2D eigenvalue weighted by molar-refractivity contribution is 5.93. The fourth-order valence-corrected chi connectivity index (χ4v) is 1.98. The third-order valence-corrected chi connectivity index (χ3v) is 3.29. The Morgan fingerprint density at radius 3 is 1.96 bits per heavy atom. The standard InChI is InChI=1S/C17H16N2O5/c1-10-4-5-11(8-13(10)16(21)23-2)18-19-12-6-7-15(20)14(9-12)17(22)24-3/h4-9,20H,1-3H3. The number of aromatic hydroxyl groups is 1. The summed E-state index contributed by atoms with van der Waals surface area (Å²) in [7, 11) is 2.53. The van der Waals surface area contributed by atoms with Crippen LogP contribution in [-0.2, 0) is 9.47 Å². The second-order valence-corrected chi connectivity index (χ2v) is 4.88. The first-order valence-electron chi connectivity index (χ1n) is 6.98. The lowest BCUT2D eigenvalue weighted by Crippen LogP contribution is -2.03. The van der Waals surface area contributed by atoms with E-state index in [0.29, 0.717) is 16.9 Å². The van der Waals surface area contributed by atoms with Gasteiger partial charge in [-0.05, 0) is 42.8 Å². The zero-order valence-corrected chi connectivity index (χ0v) is 13.4. The van der Waals surface area contributed by atoms with Crippen molar-refractivity contribution in [2.75, 3.05) is 14.2 Å². The molecule has 0 spiro atoms. The molecule has 2 rings (SSSR count). The summed E-state index contributed by atoms with van der Waals surface area (Å²) in [5.41, 5.74) is 1.96. The van der Waals surface area contributed by atoms with Crippen LogP contribution in [-0.4, -0.2) is 31.3 Å². The summed E-state index contributed by atoms with van der Waals surface area (Å²) >= 11 is 0. The smallest absolute Gasteiger partial charge is 0.341 e. The summed E-state index contributed by atoms with van der Waals surface area (Å²) in [5.74, 6) is -1.33. The quantitative estimate of drug-likeness (QED) is 0.682. The molecule has 7 heteroatoms. The number of methoxy groups -OCH3 is 2. The lowest BCUT2D eigenvalue weighted by atomic mass is 10.1. The van der Waals surface area contributed by atoms with Gasteiger partial charge in [0.2, 0.25) is 0 Å². The Morgan fingerprint density at radius 1 is 0.875 bits per heavy atom. The minimum atomic E-state index is -0.673. The van der Waals surface area contributed by atoms with Gasteiger partial charge in [0.05, 0.1) is 31.2 Å². The van der Waals surface area contributed by atoms with Gasteiger partial charge in [0.25, 0.3) is 0 Å². The number of aryl methyl sites for hydroxylation is 1. The largest absolute Gasteiger partial charge is 0.507 e. The first kappa shape index (κ1) is 17.1. The number of hydrogen-bond donors (Lipinski definition) is 1. The van der Waals surface area contributed by atoms with Crippen LogP contribution in [0.1, 0.15) is 26.3 Å². The molecule has 2 aromatic carbocycles. The predicted molar refractivity (Wildman–Crippen MR) is 86.1 cm³/mol. The highest BCUT2D eigenvalue weighted by Crippen LogP contribution is 2.26. The lowest BCUT2D eigenvalue weighted by molar-refractivity contribution is 0.0589. The monoisotopic (exact) mass is 328 g/mol. The molecule has 0 aromatic heterocycles. The van der Waals surface area contributed by atoms with E-state index < -0.39 is 11.9 Å². The molecule has 0 amide bonds. The van der Waals surface area contributed by atoms with Crippen molar-refractivity contribution in [1.82, 2.24) is 0 Å². The van der Waals surface area contributed by atoms with Gasteiger partial charge in [-0.2, -0.15) is 10.2 Å². The summed E-state index contributed by atoms with van der Waals surface area (Å²) in [6.45, 7) is 1.79. The second-order valence-electron chi connectivity index (χ2n) is 4.88. The van der Waals surface area contributed by atoms with Crippen LogP contribution in [0.15, 0.2) is 46.6 Å². The van der Waals surface area contributed by atoms with Crippen LogP contribution in [0.2, 0.25) is 0 Å². The molecule has 0 aliphatic heterocycles. The maximum Gasteiger partial charge on any atom is 0.341 e. The topological polar surface area (TPSA) is 97.5 Å². The lowest BCUT2D eigenvalue weighted by Gasteiger charge is -2.04. The van der Waals surface area contributed by atoms with E-state index in [-0.39, 0.29) is 11.3 Å². The van der Waals surface area contributed by atoms with Crippen molar-refractivity contribution < 1.29 is 24.2 Å². The van der Waals surface area contributed by atoms with Crippen molar-refractivity contribution >= 4 is 23.3 Å². The third-order valence-electron chi connectivity index (χ3n) is 3.29. The van der Waals surface area contributed by atoms with E-state index >= 15 is 0 Å². The Bertz CT molecular complexity index is 747. The van der Waals surface area contributed by atoms with Crippen LogP contribution in [0.25, 0.3) is 0 Å². The Kier molecular flexibility index (Phi) is 5.26. The molecule has 7 nitrogen and oxygen atoms in total. The van der Waals surface area contributed by atoms with E-state index in [1.54, 1.807) is 25.1 Å². The first-order chi connectivity index (χ1) is 11.5. The number of nitrogens with zero attached hydrogens (tertiary/aromatic N) is 2. The van der Waals surface area contributed by atoms with Crippen LogP contribution >= 0.6 is 0 Å². The van der Waals surface area contributed by atoms with Gasteiger partial charge in [-0.15, -0.1) is 0 Å². The van der Waals surface area contributed by atoms with E-state index in [0.717, 1.165) is 5.56 Å². The zero-order chi connectivity index (χ0) is 17.7. The van der Waals surface area contributed by atoms with Crippen molar-refractivity contribution in [1.29, 1.82) is 0 Å². The summed E-state index contributed by atoms with van der Waals surface area (Å²) in [4.78, 5) is 23.2. The van der Waals surface area contributed by atoms with Crippen molar-refractivity contribution in [3.05, 3.63) is 53.1 Å². The molecular formula is C17H16N2O5. The average Bonchev–Trinajstić information content (AvgIpc) is 2.60. The van der Waals surface area contributed by atoms with Gasteiger partial charge in [-0.1, -0.05) is 6.07 Å². The molecule has 0 bridgehead atoms. The molecule has 124 valence electrons. The average molecular weight is 328 g/mol. The third kappa shape index (κ3) is 3.75. The molecule has 0 atom stereocenters. The van der Waals surface area contributed by atoms with Crippen LogP contribution in [0.5, 0.6) is 5.75 Å². The van der Waals surface area contributed by atoms with Crippen LogP contribution < -0.4 is 0 Å². The first-order valence-corrected chi connectivity index (χ1v) is 6.98. The molecular weight excluding hydrogens is 312 g/mol. The number of phenols is 1. The van der Waals surface area contributed by atoms with Crippen molar-refractivity contribution in [3.8, 4) is 5.75 Å². The molecule has 0 heterocycles. The van der Waals surface area contributed by atoms with E-state index in [4.69, 9.17) is 4.74 Å². The predicted octanol–water partition coefficient (Wildman–Crippen LogP) is 3.69. The van der Waals surface area contributed by atoms with Crippen LogP contribution in [0.3, 0.4) is 0 Å². The Hall–Kier alpha value is -3.22. The Morgan fingerprint density at radius 2 is 1.38 bits per heavy atom. The molecule has 0 aliphatic rings. The molecule has 24 heavy (non-hydrogen) atoms. The molecule has 0 radical (unpaired) electrons. The molecule has 0 fully saturated rings. The van der Waals surface area contributed by atoms with E-state index in [1.165, 1.54) is 32.4 Å². The van der Waals surface area contributed by atoms with E-state index in [2.05, 4.69) is 15.0 Å². The number of phenolic OH excluding ortho intramolecular Hbond substituents is 1. The van der Waals surface area contributed by atoms with Gasteiger partial charge in [-0.3, -0.25) is 0 Å². The number of rotatable bonds is 4. The summed E-state index contributed by atoms with van der Waals surface area (Å²) in [6, 6.07) is 9.19. The number of carbonyl (C=O) groups is 2. The van der Waals surface area contributed by atoms with Crippen molar-refractivity contribution in [2.24, 2.45) is 10.2 Å². The van der Waals surface area contributed by atoms with Crippen molar-refractivity contribution in [2.45, 2.75) is 6.92 Å². The zero-order valence-electron chi connectivity index (χ0n) is 13.4. The number of azo groups is 1. The molecule has 0 unspecified atom stereocenters. The maximum atomic E-state index is 11.7. The Balaban J connectivity index is 2.31. The molecule has 0 saturated carbocycles.